The molecular formula is C14H12N2O4. The van der Waals surface area contributed by atoms with Gasteiger partial charge in [0.1, 0.15) is 0 Å². The summed E-state index contributed by atoms with van der Waals surface area (Å²) in [7, 11) is 0. The first-order valence-electron chi connectivity index (χ1n) is 5.83. The predicted octanol–water partition coefficient (Wildman–Crippen LogP) is 3.35. The van der Waals surface area contributed by atoms with Crippen molar-refractivity contribution in [1.82, 2.24) is 0 Å². The molecule has 2 rings (SSSR count). The molecule has 0 fully saturated rings. The molecule has 2 N–H and O–H groups in total. The first kappa shape index (κ1) is 13.5. The number of nitro benzene ring substituents is 1. The molecule has 0 spiro atoms. The Balaban J connectivity index is 2.38. The van der Waals surface area contributed by atoms with Crippen molar-refractivity contribution in [3.8, 4) is 0 Å². The van der Waals surface area contributed by atoms with Crippen molar-refractivity contribution in [2.75, 3.05) is 5.32 Å². The van der Waals surface area contributed by atoms with E-state index in [1.54, 1.807) is 37.3 Å². The molecule has 0 aliphatic rings. The minimum Gasteiger partial charge on any atom is -0.478 e. The van der Waals surface area contributed by atoms with Crippen LogP contribution in [0.25, 0.3) is 0 Å². The van der Waals surface area contributed by atoms with E-state index in [1.807, 2.05) is 0 Å². The normalized spacial score (nSPS) is 10.1. The Morgan fingerprint density at radius 1 is 1.25 bits per heavy atom. The number of nitrogens with zero attached hydrogens (tertiary/aromatic N) is 1. The first-order valence-corrected chi connectivity index (χ1v) is 5.83. The molecule has 0 saturated heterocycles. The molecule has 0 aliphatic heterocycles. The lowest BCUT2D eigenvalue weighted by molar-refractivity contribution is -0.385. The van der Waals surface area contributed by atoms with Crippen LogP contribution in [0.4, 0.5) is 17.1 Å². The van der Waals surface area contributed by atoms with E-state index in [4.69, 9.17) is 5.11 Å². The largest absolute Gasteiger partial charge is 0.478 e. The molecule has 0 amide bonds. The molecule has 6 heteroatoms. The Kier molecular flexibility index (Phi) is 3.65. The van der Waals surface area contributed by atoms with Gasteiger partial charge in [0.2, 0.25) is 0 Å². The summed E-state index contributed by atoms with van der Waals surface area (Å²) in [6, 6.07) is 11.0. The average Bonchev–Trinajstić information content (AvgIpc) is 2.41. The second-order valence-corrected chi connectivity index (χ2v) is 4.23. The molecule has 0 unspecified atom stereocenters. The van der Waals surface area contributed by atoms with Gasteiger partial charge in [0.25, 0.3) is 5.69 Å². The van der Waals surface area contributed by atoms with Gasteiger partial charge >= 0.3 is 5.97 Å². The van der Waals surface area contributed by atoms with Crippen molar-refractivity contribution in [3.63, 3.8) is 0 Å². The second kappa shape index (κ2) is 5.40. The number of benzene rings is 2. The number of rotatable bonds is 4. The molecule has 0 radical (unpaired) electrons. The number of nitro groups is 1. The van der Waals surface area contributed by atoms with Gasteiger partial charge in [-0.2, -0.15) is 0 Å². The lowest BCUT2D eigenvalue weighted by atomic mass is 10.1. The number of carboxylic acid groups (broad SMARTS) is 1. The number of aromatic carboxylic acids is 1. The maximum Gasteiger partial charge on any atom is 0.337 e. The summed E-state index contributed by atoms with van der Waals surface area (Å²) in [6.07, 6.45) is 0. The molecule has 0 aromatic heterocycles. The Labute approximate surface area is 114 Å². The van der Waals surface area contributed by atoms with Crippen molar-refractivity contribution < 1.29 is 14.8 Å². The highest BCUT2D eigenvalue weighted by Crippen LogP contribution is 2.26. The smallest absolute Gasteiger partial charge is 0.337 e. The summed E-state index contributed by atoms with van der Waals surface area (Å²) in [4.78, 5) is 21.5. The van der Waals surface area contributed by atoms with Gasteiger partial charge in [-0.25, -0.2) is 4.79 Å². The van der Waals surface area contributed by atoms with Crippen LogP contribution in [0.2, 0.25) is 0 Å². The second-order valence-electron chi connectivity index (χ2n) is 4.23. The molecule has 0 atom stereocenters. The van der Waals surface area contributed by atoms with Gasteiger partial charge in [0.15, 0.2) is 0 Å². The molecule has 2 aromatic carbocycles. The molecule has 0 aliphatic carbocycles. The minimum atomic E-state index is -1.06. The van der Waals surface area contributed by atoms with Crippen molar-refractivity contribution in [1.29, 1.82) is 0 Å². The number of carboxylic acids is 1. The molecule has 2 aromatic rings. The van der Waals surface area contributed by atoms with E-state index in [1.165, 1.54) is 12.1 Å². The van der Waals surface area contributed by atoms with Gasteiger partial charge in [-0.15, -0.1) is 0 Å². The van der Waals surface area contributed by atoms with Crippen molar-refractivity contribution in [3.05, 3.63) is 63.7 Å². The predicted molar refractivity (Wildman–Crippen MR) is 74.5 cm³/mol. The number of nitrogens with one attached hydrogen (secondary N) is 1. The van der Waals surface area contributed by atoms with Crippen molar-refractivity contribution in [2.24, 2.45) is 0 Å². The standard InChI is InChI=1S/C14H12N2O4/c1-9-6-7-10(8-13(9)16(19)20)15-12-5-3-2-4-11(12)14(17)18/h2-8,15H,1H3,(H,17,18). The molecule has 6 nitrogen and oxygen atoms in total. The van der Waals surface area contributed by atoms with Crippen LogP contribution in [0.15, 0.2) is 42.5 Å². The zero-order valence-corrected chi connectivity index (χ0v) is 10.7. The summed E-state index contributed by atoms with van der Waals surface area (Å²) in [6.45, 7) is 1.65. The minimum absolute atomic E-state index is 0.0113. The Morgan fingerprint density at radius 2 is 1.95 bits per heavy atom. The zero-order valence-electron chi connectivity index (χ0n) is 10.7. The summed E-state index contributed by atoms with van der Waals surface area (Å²) < 4.78 is 0. The Hall–Kier alpha value is -2.89. The first-order chi connectivity index (χ1) is 9.49. The van der Waals surface area contributed by atoms with Crippen molar-refractivity contribution >= 4 is 23.0 Å². The lowest BCUT2D eigenvalue weighted by Crippen LogP contribution is -2.02. The third-order valence-electron chi connectivity index (χ3n) is 2.84. The summed E-state index contributed by atoms with van der Waals surface area (Å²) in [5, 5.41) is 22.9. The van der Waals surface area contributed by atoms with Gasteiger partial charge in [0.05, 0.1) is 16.2 Å². The number of aryl methyl sites for hydroxylation is 1. The van der Waals surface area contributed by atoms with E-state index in [0.29, 0.717) is 16.9 Å². The van der Waals surface area contributed by atoms with Crippen LogP contribution in [0.3, 0.4) is 0 Å². The number of hydrogen-bond donors (Lipinski definition) is 2. The highest BCUT2D eigenvalue weighted by Gasteiger charge is 2.13. The van der Waals surface area contributed by atoms with E-state index in [-0.39, 0.29) is 11.3 Å². The van der Waals surface area contributed by atoms with Crippen molar-refractivity contribution in [2.45, 2.75) is 6.92 Å². The van der Waals surface area contributed by atoms with Gasteiger partial charge in [-0.05, 0) is 25.1 Å². The Morgan fingerprint density at radius 3 is 2.60 bits per heavy atom. The summed E-state index contributed by atoms with van der Waals surface area (Å²) in [5.41, 5.74) is 1.50. The highest BCUT2D eigenvalue weighted by atomic mass is 16.6. The van der Waals surface area contributed by atoms with Crippen LogP contribution >= 0.6 is 0 Å². The number of hydrogen-bond acceptors (Lipinski definition) is 4. The summed E-state index contributed by atoms with van der Waals surface area (Å²) in [5.74, 6) is -1.06. The van der Waals surface area contributed by atoms with E-state index >= 15 is 0 Å². The topological polar surface area (TPSA) is 92.5 Å². The van der Waals surface area contributed by atoms with Gasteiger partial charge < -0.3 is 10.4 Å². The maximum atomic E-state index is 11.1. The average molecular weight is 272 g/mol. The molecular weight excluding hydrogens is 260 g/mol. The number of para-hydroxylation sites is 1. The third-order valence-corrected chi connectivity index (χ3v) is 2.84. The van der Waals surface area contributed by atoms with E-state index in [9.17, 15) is 14.9 Å². The lowest BCUT2D eigenvalue weighted by Gasteiger charge is -2.09. The van der Waals surface area contributed by atoms with E-state index in [0.717, 1.165) is 0 Å². The van der Waals surface area contributed by atoms with Gasteiger partial charge in [-0.3, -0.25) is 10.1 Å². The monoisotopic (exact) mass is 272 g/mol. The third kappa shape index (κ3) is 2.74. The van der Waals surface area contributed by atoms with Crippen LogP contribution in [-0.4, -0.2) is 16.0 Å². The van der Waals surface area contributed by atoms with E-state index < -0.39 is 10.9 Å². The van der Waals surface area contributed by atoms with Crippen LogP contribution in [0, 0.1) is 17.0 Å². The maximum absolute atomic E-state index is 11.1. The molecule has 102 valence electrons. The number of anilines is 2. The van der Waals surface area contributed by atoms with Crippen LogP contribution in [0.1, 0.15) is 15.9 Å². The quantitative estimate of drug-likeness (QED) is 0.657. The molecule has 0 bridgehead atoms. The Bertz CT molecular complexity index is 683. The van der Waals surface area contributed by atoms with Crippen LogP contribution in [0.5, 0.6) is 0 Å². The zero-order chi connectivity index (χ0) is 14.7. The van der Waals surface area contributed by atoms with Gasteiger partial charge in [0, 0.05) is 17.3 Å². The van der Waals surface area contributed by atoms with Crippen LogP contribution < -0.4 is 5.32 Å². The molecule has 0 saturated carbocycles. The van der Waals surface area contributed by atoms with E-state index in [2.05, 4.69) is 5.32 Å². The fourth-order valence-electron chi connectivity index (χ4n) is 1.82. The van der Waals surface area contributed by atoms with Gasteiger partial charge in [-0.1, -0.05) is 18.2 Å². The number of carbonyl (C=O) groups is 1. The fourth-order valence-corrected chi connectivity index (χ4v) is 1.82. The molecule has 20 heavy (non-hydrogen) atoms. The summed E-state index contributed by atoms with van der Waals surface area (Å²) >= 11 is 0. The van der Waals surface area contributed by atoms with Crippen LogP contribution in [-0.2, 0) is 0 Å². The fraction of sp³-hybridized carbons (Fsp3) is 0.0714. The highest BCUT2D eigenvalue weighted by molar-refractivity contribution is 5.95. The molecule has 0 heterocycles. The SMILES string of the molecule is Cc1ccc(Nc2ccccc2C(=O)O)cc1[N+](=O)[O-].